The third kappa shape index (κ3) is 5.50. The van der Waals surface area contributed by atoms with Gasteiger partial charge in [0.05, 0.1) is 36.2 Å². The van der Waals surface area contributed by atoms with Crippen LogP contribution < -0.4 is 10.0 Å². The first kappa shape index (κ1) is 19.8. The average molecular weight is 370 g/mol. The summed E-state index contributed by atoms with van der Waals surface area (Å²) in [5.41, 5.74) is 0.974. The average Bonchev–Trinajstić information content (AvgIpc) is 2.56. The lowest BCUT2D eigenvalue weighted by Crippen LogP contribution is -2.51. The van der Waals surface area contributed by atoms with Crippen molar-refractivity contribution in [3.05, 3.63) is 29.8 Å². The van der Waals surface area contributed by atoms with Crippen LogP contribution in [0.2, 0.25) is 0 Å². The molecule has 3 N–H and O–H groups in total. The van der Waals surface area contributed by atoms with Crippen LogP contribution in [-0.2, 0) is 19.6 Å². The fraction of sp³-hybridized carbons (Fsp3) is 0.588. The Labute approximate surface area is 148 Å². The van der Waals surface area contributed by atoms with E-state index < -0.39 is 22.2 Å². The highest BCUT2D eigenvalue weighted by molar-refractivity contribution is 7.89. The number of benzene rings is 1. The predicted molar refractivity (Wildman–Crippen MR) is 93.6 cm³/mol. The van der Waals surface area contributed by atoms with Crippen LogP contribution in [0.25, 0.3) is 0 Å². The highest BCUT2D eigenvalue weighted by atomic mass is 32.2. The van der Waals surface area contributed by atoms with E-state index in [-0.39, 0.29) is 29.9 Å². The van der Waals surface area contributed by atoms with Crippen molar-refractivity contribution in [3.63, 3.8) is 0 Å². The highest BCUT2D eigenvalue weighted by Crippen LogP contribution is 2.23. The van der Waals surface area contributed by atoms with Gasteiger partial charge in [-0.05, 0) is 38.8 Å². The predicted octanol–water partition coefficient (Wildman–Crippen LogP) is 0.708. The Morgan fingerprint density at radius 1 is 1.28 bits per heavy atom. The lowest BCUT2D eigenvalue weighted by atomic mass is 9.98. The van der Waals surface area contributed by atoms with Gasteiger partial charge < -0.3 is 15.2 Å². The Kier molecular flexibility index (Phi) is 6.95. The zero-order valence-corrected chi connectivity index (χ0v) is 15.4. The molecule has 1 heterocycles. The lowest BCUT2D eigenvalue weighted by molar-refractivity contribution is -0.130. The van der Waals surface area contributed by atoms with Crippen molar-refractivity contribution < 1.29 is 23.1 Å². The number of hydrogen-bond donors (Lipinski definition) is 3. The monoisotopic (exact) mass is 370 g/mol. The van der Waals surface area contributed by atoms with Crippen LogP contribution in [0.5, 0.6) is 0 Å². The van der Waals surface area contributed by atoms with Crippen LogP contribution in [0.15, 0.2) is 29.2 Å². The largest absolute Gasteiger partial charge is 0.394 e. The van der Waals surface area contributed by atoms with Gasteiger partial charge in [0.1, 0.15) is 0 Å². The maximum Gasteiger partial charge on any atom is 0.240 e. The summed E-state index contributed by atoms with van der Waals surface area (Å²) in [5.74, 6) is -0.108. The smallest absolute Gasteiger partial charge is 0.240 e. The number of rotatable bonds is 7. The molecule has 0 saturated carbocycles. The number of aryl methyl sites for hydroxylation is 1. The van der Waals surface area contributed by atoms with Gasteiger partial charge in [0, 0.05) is 6.54 Å². The summed E-state index contributed by atoms with van der Waals surface area (Å²) in [4.78, 5) is 11.8. The van der Waals surface area contributed by atoms with Gasteiger partial charge >= 0.3 is 0 Å². The van der Waals surface area contributed by atoms with Crippen LogP contribution in [0.1, 0.15) is 31.7 Å². The number of aliphatic hydroxyl groups is 1. The third-order valence-electron chi connectivity index (χ3n) is 4.22. The molecule has 0 spiro atoms. The summed E-state index contributed by atoms with van der Waals surface area (Å²) >= 11 is 0. The summed E-state index contributed by atoms with van der Waals surface area (Å²) in [6.07, 6.45) is 0.272. The second kappa shape index (κ2) is 8.75. The number of aliphatic hydroxyl groups excluding tert-OH is 1. The van der Waals surface area contributed by atoms with E-state index in [0.29, 0.717) is 19.4 Å². The van der Waals surface area contributed by atoms with Gasteiger partial charge in [-0.1, -0.05) is 17.7 Å². The maximum atomic E-state index is 12.5. The maximum absolute atomic E-state index is 12.5. The molecule has 0 aliphatic carbocycles. The second-order valence-electron chi connectivity index (χ2n) is 6.25. The zero-order valence-electron chi connectivity index (χ0n) is 14.6. The first-order valence-corrected chi connectivity index (χ1v) is 9.96. The van der Waals surface area contributed by atoms with Gasteiger partial charge in [0.25, 0.3) is 0 Å². The van der Waals surface area contributed by atoms with Gasteiger partial charge in [-0.3, -0.25) is 4.79 Å². The number of carbonyl (C=O) groups is 1. The summed E-state index contributed by atoms with van der Waals surface area (Å²) in [6, 6.07) is 6.04. The number of nitrogens with one attached hydrogen (secondary N) is 2. The molecule has 25 heavy (non-hydrogen) atoms. The molecule has 1 amide bonds. The number of amides is 1. The van der Waals surface area contributed by atoms with Crippen LogP contribution in [-0.4, -0.2) is 50.8 Å². The molecule has 1 aliphatic heterocycles. The number of ether oxygens (including phenoxy) is 1. The van der Waals surface area contributed by atoms with Crippen molar-refractivity contribution in [2.75, 3.05) is 13.2 Å². The molecule has 0 radical (unpaired) electrons. The molecule has 140 valence electrons. The molecule has 0 aromatic heterocycles. The molecule has 1 saturated heterocycles. The molecule has 0 unspecified atom stereocenters. The minimum absolute atomic E-state index is 0.108. The van der Waals surface area contributed by atoms with Crippen molar-refractivity contribution in [1.29, 1.82) is 0 Å². The molecule has 1 fully saturated rings. The van der Waals surface area contributed by atoms with Crippen LogP contribution >= 0.6 is 0 Å². The first-order valence-electron chi connectivity index (χ1n) is 8.47. The molecular weight excluding hydrogens is 344 g/mol. The zero-order chi connectivity index (χ0) is 18.4. The SMILES string of the molecule is CCNC(=O)C[C@H]1CC[C@H](NS(=O)(=O)c2ccc(C)cc2)[C@H](CO)O1. The quantitative estimate of drug-likeness (QED) is 0.656. The van der Waals surface area contributed by atoms with Gasteiger partial charge in [-0.25, -0.2) is 13.1 Å². The number of carbonyl (C=O) groups excluding carboxylic acids is 1. The molecule has 2 rings (SSSR count). The molecule has 3 atom stereocenters. The van der Waals surface area contributed by atoms with Crippen LogP contribution in [0.4, 0.5) is 0 Å². The van der Waals surface area contributed by atoms with Gasteiger partial charge in [-0.15, -0.1) is 0 Å². The van der Waals surface area contributed by atoms with E-state index in [9.17, 15) is 18.3 Å². The minimum atomic E-state index is -3.69. The van der Waals surface area contributed by atoms with E-state index in [1.807, 2.05) is 13.8 Å². The van der Waals surface area contributed by atoms with Crippen molar-refractivity contribution in [2.45, 2.75) is 56.3 Å². The number of sulfonamides is 1. The Hall–Kier alpha value is -1.48. The third-order valence-corrected chi connectivity index (χ3v) is 5.73. The topological polar surface area (TPSA) is 105 Å². The Bertz CT molecular complexity index is 675. The Morgan fingerprint density at radius 2 is 1.96 bits per heavy atom. The second-order valence-corrected chi connectivity index (χ2v) is 7.97. The normalized spacial score (nSPS) is 24.0. The summed E-state index contributed by atoms with van der Waals surface area (Å²) < 4.78 is 33.4. The van der Waals surface area contributed by atoms with Crippen LogP contribution in [0.3, 0.4) is 0 Å². The summed E-state index contributed by atoms with van der Waals surface area (Å²) in [7, 11) is -3.69. The molecular formula is C17H26N2O5S. The summed E-state index contributed by atoms with van der Waals surface area (Å²) in [5, 5.41) is 12.3. The van der Waals surface area contributed by atoms with Crippen molar-refractivity contribution in [1.82, 2.24) is 10.0 Å². The number of hydrogen-bond acceptors (Lipinski definition) is 5. The first-order chi connectivity index (χ1) is 11.9. The molecule has 0 bridgehead atoms. The van der Waals surface area contributed by atoms with Crippen molar-refractivity contribution in [2.24, 2.45) is 0 Å². The van der Waals surface area contributed by atoms with Gasteiger partial charge in [-0.2, -0.15) is 0 Å². The van der Waals surface area contributed by atoms with E-state index in [4.69, 9.17) is 4.74 Å². The van der Waals surface area contributed by atoms with Crippen molar-refractivity contribution in [3.8, 4) is 0 Å². The molecule has 1 aliphatic rings. The van der Waals surface area contributed by atoms with E-state index in [0.717, 1.165) is 5.56 Å². The lowest BCUT2D eigenvalue weighted by Gasteiger charge is -2.35. The standard InChI is InChI=1S/C17H26N2O5S/c1-3-18-17(21)10-13-6-9-15(16(11-20)24-13)19-25(22,23)14-7-4-12(2)5-8-14/h4-5,7-8,13,15-16,19-20H,3,6,9-11H2,1-2H3,(H,18,21)/t13-,15+,16+/m1/s1. The van der Waals surface area contributed by atoms with Gasteiger partial charge in [0.2, 0.25) is 15.9 Å². The summed E-state index contributed by atoms with van der Waals surface area (Å²) in [6.45, 7) is 3.96. The highest BCUT2D eigenvalue weighted by Gasteiger charge is 2.34. The van der Waals surface area contributed by atoms with E-state index >= 15 is 0 Å². The van der Waals surface area contributed by atoms with Gasteiger partial charge in [0.15, 0.2) is 0 Å². The van der Waals surface area contributed by atoms with E-state index in [1.54, 1.807) is 24.3 Å². The Balaban J connectivity index is 2.00. The van der Waals surface area contributed by atoms with E-state index in [1.165, 1.54) is 0 Å². The fourth-order valence-corrected chi connectivity index (χ4v) is 4.18. The minimum Gasteiger partial charge on any atom is -0.394 e. The molecule has 7 nitrogen and oxygen atoms in total. The molecule has 8 heteroatoms. The molecule has 1 aromatic carbocycles. The fourth-order valence-electron chi connectivity index (χ4n) is 2.88. The van der Waals surface area contributed by atoms with E-state index in [2.05, 4.69) is 10.0 Å². The molecule has 1 aromatic rings. The van der Waals surface area contributed by atoms with Crippen molar-refractivity contribution >= 4 is 15.9 Å². The Morgan fingerprint density at radius 3 is 2.56 bits per heavy atom. The van der Waals surface area contributed by atoms with Crippen LogP contribution in [0, 0.1) is 6.92 Å².